The molecule has 0 aliphatic heterocycles. The van der Waals surface area contributed by atoms with E-state index in [1.54, 1.807) is 18.2 Å². The van der Waals surface area contributed by atoms with Crippen LogP contribution < -0.4 is 5.43 Å². The van der Waals surface area contributed by atoms with Crippen LogP contribution in [0.2, 0.25) is 5.22 Å². The number of carbonyl (C=O) groups excluding carboxylic acids is 1. The molecule has 3 aromatic carbocycles. The van der Waals surface area contributed by atoms with E-state index in [2.05, 4.69) is 10.5 Å². The molecule has 0 saturated heterocycles. The molecule has 0 spiro atoms. The van der Waals surface area contributed by atoms with Crippen molar-refractivity contribution < 1.29 is 14.3 Å². The van der Waals surface area contributed by atoms with Crippen molar-refractivity contribution in [3.05, 3.63) is 89.1 Å². The van der Waals surface area contributed by atoms with Gasteiger partial charge in [0, 0.05) is 5.56 Å². The first-order valence-electron chi connectivity index (χ1n) is 8.52. The highest BCUT2D eigenvalue weighted by Crippen LogP contribution is 2.28. The molecule has 0 fully saturated rings. The summed E-state index contributed by atoms with van der Waals surface area (Å²) in [6.07, 6.45) is 1.40. The second-order valence-corrected chi connectivity index (χ2v) is 6.46. The summed E-state index contributed by atoms with van der Waals surface area (Å²) < 4.78 is 5.53. The Bertz CT molecular complexity index is 1180. The predicted octanol–water partition coefficient (Wildman–Crippen LogP) is 5.22. The summed E-state index contributed by atoms with van der Waals surface area (Å²) in [5, 5.41) is 15.9. The van der Waals surface area contributed by atoms with Crippen LogP contribution in [0.15, 0.2) is 82.3 Å². The number of fused-ring (bicyclic) bond motifs is 1. The van der Waals surface area contributed by atoms with E-state index >= 15 is 0 Å². The van der Waals surface area contributed by atoms with Crippen LogP contribution >= 0.6 is 11.6 Å². The third-order valence-electron chi connectivity index (χ3n) is 4.25. The number of nitrogens with one attached hydrogen (secondary N) is 1. The van der Waals surface area contributed by atoms with Crippen molar-refractivity contribution in [1.82, 2.24) is 5.43 Å². The van der Waals surface area contributed by atoms with Gasteiger partial charge in [-0.15, -0.1) is 0 Å². The second kappa shape index (κ2) is 7.58. The van der Waals surface area contributed by atoms with Gasteiger partial charge in [-0.2, -0.15) is 5.10 Å². The van der Waals surface area contributed by atoms with E-state index < -0.39 is 5.91 Å². The number of aromatic hydroxyl groups is 1. The molecule has 1 heterocycles. The SMILES string of the molecule is O=C(NN=Cc1cc(-c2ccccc2)oc1Cl)c1cc2ccccc2cc1O. The zero-order valence-electron chi connectivity index (χ0n) is 14.6. The Morgan fingerprint density at radius 3 is 2.43 bits per heavy atom. The van der Waals surface area contributed by atoms with Gasteiger partial charge in [-0.3, -0.25) is 4.79 Å². The highest BCUT2D eigenvalue weighted by molar-refractivity contribution is 6.31. The summed E-state index contributed by atoms with van der Waals surface area (Å²) in [4.78, 5) is 12.4. The zero-order chi connectivity index (χ0) is 19.5. The standard InChI is InChI=1S/C22H15ClN2O3/c23-21-17(12-20(28-21)14-6-2-1-3-7-14)13-24-25-22(27)18-10-15-8-4-5-9-16(15)11-19(18)26/h1-13,26H,(H,25,27). The molecule has 0 saturated carbocycles. The average molecular weight is 391 g/mol. The molecule has 4 aromatic rings. The number of hydrogen-bond acceptors (Lipinski definition) is 4. The lowest BCUT2D eigenvalue weighted by molar-refractivity contribution is 0.0952. The van der Waals surface area contributed by atoms with Gasteiger partial charge in [0.2, 0.25) is 5.22 Å². The molecule has 0 atom stereocenters. The Morgan fingerprint density at radius 1 is 1.00 bits per heavy atom. The largest absolute Gasteiger partial charge is 0.507 e. The fraction of sp³-hybridized carbons (Fsp3) is 0. The summed E-state index contributed by atoms with van der Waals surface area (Å²) in [5.41, 5.74) is 3.95. The van der Waals surface area contributed by atoms with Crippen LogP contribution in [0.3, 0.4) is 0 Å². The minimum absolute atomic E-state index is 0.112. The van der Waals surface area contributed by atoms with Crippen molar-refractivity contribution in [3.8, 4) is 17.1 Å². The molecule has 0 aliphatic carbocycles. The molecule has 2 N–H and O–H groups in total. The van der Waals surface area contributed by atoms with Crippen LogP contribution in [0, 0.1) is 0 Å². The molecule has 0 radical (unpaired) electrons. The molecule has 28 heavy (non-hydrogen) atoms. The van der Waals surface area contributed by atoms with E-state index in [9.17, 15) is 9.90 Å². The van der Waals surface area contributed by atoms with Crippen molar-refractivity contribution in [2.45, 2.75) is 0 Å². The van der Waals surface area contributed by atoms with Gasteiger partial charge in [-0.1, -0.05) is 54.6 Å². The first kappa shape index (κ1) is 17.8. The van der Waals surface area contributed by atoms with Crippen molar-refractivity contribution >= 4 is 34.5 Å². The summed E-state index contributed by atoms with van der Waals surface area (Å²) >= 11 is 6.11. The Kier molecular flexibility index (Phi) is 4.83. The number of amides is 1. The third-order valence-corrected chi connectivity index (χ3v) is 4.55. The van der Waals surface area contributed by atoms with Crippen molar-refractivity contribution in [3.63, 3.8) is 0 Å². The molecular weight excluding hydrogens is 376 g/mol. The number of nitrogens with zero attached hydrogens (tertiary/aromatic N) is 1. The Labute approximate surface area is 165 Å². The number of hydrazone groups is 1. The van der Waals surface area contributed by atoms with Crippen LogP contribution in [-0.4, -0.2) is 17.2 Å². The second-order valence-electron chi connectivity index (χ2n) is 6.12. The maximum atomic E-state index is 12.4. The van der Waals surface area contributed by atoms with Crippen molar-refractivity contribution in [2.75, 3.05) is 0 Å². The van der Waals surface area contributed by atoms with Gasteiger partial charge in [0.25, 0.3) is 5.91 Å². The third kappa shape index (κ3) is 3.61. The van der Waals surface area contributed by atoms with Gasteiger partial charge < -0.3 is 9.52 Å². The Morgan fingerprint density at radius 2 is 1.68 bits per heavy atom. The molecule has 1 aromatic heterocycles. The van der Waals surface area contributed by atoms with Gasteiger partial charge in [0.05, 0.1) is 17.3 Å². The first-order valence-corrected chi connectivity index (χ1v) is 8.89. The molecule has 6 heteroatoms. The quantitative estimate of drug-likeness (QED) is 0.370. The van der Waals surface area contributed by atoms with Crippen LogP contribution in [0.25, 0.3) is 22.1 Å². The van der Waals surface area contributed by atoms with E-state index in [1.807, 2.05) is 54.6 Å². The number of phenolic OH excluding ortho intramolecular Hbond substituents is 1. The molecular formula is C22H15ClN2O3. The topological polar surface area (TPSA) is 74.8 Å². The van der Waals surface area contributed by atoms with Gasteiger partial charge in [-0.05, 0) is 40.6 Å². The summed E-state index contributed by atoms with van der Waals surface area (Å²) in [6, 6.07) is 21.9. The van der Waals surface area contributed by atoms with E-state index in [-0.39, 0.29) is 16.5 Å². The maximum absolute atomic E-state index is 12.4. The number of phenols is 1. The number of hydrogen-bond donors (Lipinski definition) is 2. The summed E-state index contributed by atoms with van der Waals surface area (Å²) in [6.45, 7) is 0. The van der Waals surface area contributed by atoms with Crippen LogP contribution in [0.4, 0.5) is 0 Å². The molecule has 0 bridgehead atoms. The van der Waals surface area contributed by atoms with Crippen LogP contribution in [0.5, 0.6) is 5.75 Å². The van der Waals surface area contributed by atoms with Gasteiger partial charge in [0.1, 0.15) is 11.5 Å². The molecule has 4 rings (SSSR count). The molecule has 5 nitrogen and oxygen atoms in total. The van der Waals surface area contributed by atoms with E-state index in [4.69, 9.17) is 16.0 Å². The van der Waals surface area contributed by atoms with E-state index in [0.717, 1.165) is 16.3 Å². The van der Waals surface area contributed by atoms with Gasteiger partial charge in [-0.25, -0.2) is 5.43 Å². The number of rotatable bonds is 4. The number of furan rings is 1. The van der Waals surface area contributed by atoms with Crippen molar-refractivity contribution in [2.24, 2.45) is 5.10 Å². The van der Waals surface area contributed by atoms with Gasteiger partial charge in [0.15, 0.2) is 0 Å². The Balaban J connectivity index is 1.52. The number of benzene rings is 3. The minimum atomic E-state index is -0.526. The lowest BCUT2D eigenvalue weighted by Crippen LogP contribution is -2.17. The zero-order valence-corrected chi connectivity index (χ0v) is 15.4. The average Bonchev–Trinajstić information content (AvgIpc) is 3.08. The molecule has 138 valence electrons. The maximum Gasteiger partial charge on any atom is 0.275 e. The summed E-state index contributed by atoms with van der Waals surface area (Å²) in [7, 11) is 0. The lowest BCUT2D eigenvalue weighted by Gasteiger charge is -2.05. The van der Waals surface area contributed by atoms with E-state index in [0.29, 0.717) is 11.3 Å². The molecule has 0 unspecified atom stereocenters. The number of carbonyl (C=O) groups is 1. The molecule has 0 aliphatic rings. The van der Waals surface area contributed by atoms with E-state index in [1.165, 1.54) is 6.21 Å². The van der Waals surface area contributed by atoms with Crippen molar-refractivity contribution in [1.29, 1.82) is 0 Å². The molecule has 1 amide bonds. The minimum Gasteiger partial charge on any atom is -0.507 e. The lowest BCUT2D eigenvalue weighted by atomic mass is 10.1. The van der Waals surface area contributed by atoms with Gasteiger partial charge >= 0.3 is 0 Å². The summed E-state index contributed by atoms with van der Waals surface area (Å²) in [5.74, 6) is -0.0351. The predicted molar refractivity (Wildman–Crippen MR) is 110 cm³/mol. The van der Waals surface area contributed by atoms with Crippen LogP contribution in [0.1, 0.15) is 15.9 Å². The fourth-order valence-electron chi connectivity index (χ4n) is 2.85. The smallest absolute Gasteiger partial charge is 0.275 e. The highest BCUT2D eigenvalue weighted by atomic mass is 35.5. The monoisotopic (exact) mass is 390 g/mol. The first-order chi connectivity index (χ1) is 13.6. The normalized spacial score (nSPS) is 11.2. The fourth-order valence-corrected chi connectivity index (χ4v) is 3.03. The Hall–Kier alpha value is -3.57. The van der Waals surface area contributed by atoms with Crippen LogP contribution in [-0.2, 0) is 0 Å². The number of halogens is 1. The highest BCUT2D eigenvalue weighted by Gasteiger charge is 2.13.